The molecule has 0 aromatic rings. The Morgan fingerprint density at radius 1 is 1.30 bits per heavy atom. The fraction of sp³-hybridized carbons (Fsp3) is 0.929. The van der Waals surface area contributed by atoms with Gasteiger partial charge in [-0.15, -0.1) is 0 Å². The first-order valence-electron chi connectivity index (χ1n) is 7.47. The molecule has 1 amide bonds. The number of ether oxygens (including phenoxy) is 1. The van der Waals surface area contributed by atoms with Crippen molar-refractivity contribution >= 4 is 15.7 Å². The second kappa shape index (κ2) is 6.43. The van der Waals surface area contributed by atoms with Gasteiger partial charge in [-0.05, 0) is 19.8 Å². The van der Waals surface area contributed by atoms with Crippen molar-refractivity contribution in [1.29, 1.82) is 0 Å². The van der Waals surface area contributed by atoms with Crippen molar-refractivity contribution in [2.24, 2.45) is 11.8 Å². The van der Waals surface area contributed by atoms with E-state index in [1.165, 1.54) is 19.3 Å². The van der Waals surface area contributed by atoms with Crippen LogP contribution in [0.15, 0.2) is 0 Å². The molecule has 5 nitrogen and oxygen atoms in total. The van der Waals surface area contributed by atoms with Crippen LogP contribution in [-0.4, -0.2) is 56.5 Å². The van der Waals surface area contributed by atoms with Crippen molar-refractivity contribution < 1.29 is 17.9 Å². The first-order chi connectivity index (χ1) is 9.40. The van der Waals surface area contributed by atoms with Gasteiger partial charge in [0, 0.05) is 19.0 Å². The highest BCUT2D eigenvalue weighted by Crippen LogP contribution is 2.34. The van der Waals surface area contributed by atoms with Gasteiger partial charge in [-0.2, -0.15) is 0 Å². The second-order valence-corrected chi connectivity index (χ2v) is 8.78. The molecule has 6 heteroatoms. The Labute approximate surface area is 121 Å². The molecule has 1 heterocycles. The normalized spacial score (nSPS) is 25.4. The quantitative estimate of drug-likeness (QED) is 0.780. The SMILES string of the molecule is CC(C)S(=O)(=O)CC(=O)N1CCOCC(C2CCC2)C1. The average Bonchev–Trinajstić information content (AvgIpc) is 2.52. The van der Waals surface area contributed by atoms with E-state index in [0.29, 0.717) is 38.1 Å². The van der Waals surface area contributed by atoms with Crippen LogP contribution in [0.5, 0.6) is 0 Å². The molecule has 2 fully saturated rings. The predicted molar refractivity (Wildman–Crippen MR) is 77.2 cm³/mol. The number of carbonyl (C=O) groups is 1. The highest BCUT2D eigenvalue weighted by molar-refractivity contribution is 7.92. The molecule has 1 unspecified atom stereocenters. The molecule has 116 valence electrons. The first kappa shape index (κ1) is 15.8. The van der Waals surface area contributed by atoms with Crippen molar-refractivity contribution in [2.45, 2.75) is 38.4 Å². The Hall–Kier alpha value is -0.620. The molecule has 1 atom stereocenters. The lowest BCUT2D eigenvalue weighted by Gasteiger charge is -2.34. The first-order valence-corrected chi connectivity index (χ1v) is 9.19. The van der Waals surface area contributed by atoms with E-state index >= 15 is 0 Å². The van der Waals surface area contributed by atoms with Crippen LogP contribution < -0.4 is 0 Å². The molecule has 0 aromatic carbocycles. The van der Waals surface area contributed by atoms with E-state index in [-0.39, 0.29) is 11.7 Å². The highest BCUT2D eigenvalue weighted by Gasteiger charge is 2.33. The van der Waals surface area contributed by atoms with E-state index in [4.69, 9.17) is 4.74 Å². The van der Waals surface area contributed by atoms with E-state index < -0.39 is 15.1 Å². The molecule has 0 aromatic heterocycles. The Kier molecular flexibility index (Phi) is 5.07. The van der Waals surface area contributed by atoms with Gasteiger partial charge in [-0.25, -0.2) is 8.42 Å². The Morgan fingerprint density at radius 3 is 2.55 bits per heavy atom. The second-order valence-electron chi connectivity index (χ2n) is 6.22. The van der Waals surface area contributed by atoms with Crippen LogP contribution in [0, 0.1) is 11.8 Å². The summed E-state index contributed by atoms with van der Waals surface area (Å²) in [5.41, 5.74) is 0. The Bertz CT molecular complexity index is 442. The van der Waals surface area contributed by atoms with Crippen LogP contribution in [0.1, 0.15) is 33.1 Å². The molecule has 1 saturated heterocycles. The summed E-state index contributed by atoms with van der Waals surface area (Å²) in [5.74, 6) is 0.373. The minimum Gasteiger partial charge on any atom is -0.379 e. The number of carbonyl (C=O) groups excluding carboxylic acids is 1. The van der Waals surface area contributed by atoms with Crippen LogP contribution in [-0.2, 0) is 19.4 Å². The third-order valence-electron chi connectivity index (χ3n) is 4.50. The molecule has 2 aliphatic rings. The smallest absolute Gasteiger partial charge is 0.237 e. The van der Waals surface area contributed by atoms with Crippen LogP contribution in [0.25, 0.3) is 0 Å². The maximum Gasteiger partial charge on any atom is 0.237 e. The molecule has 0 N–H and O–H groups in total. The van der Waals surface area contributed by atoms with Gasteiger partial charge in [-0.1, -0.05) is 19.3 Å². The van der Waals surface area contributed by atoms with E-state index in [9.17, 15) is 13.2 Å². The van der Waals surface area contributed by atoms with Crippen molar-refractivity contribution in [3.63, 3.8) is 0 Å². The predicted octanol–water partition coefficient (Wildman–Crippen LogP) is 1.08. The zero-order valence-electron chi connectivity index (χ0n) is 12.4. The lowest BCUT2D eigenvalue weighted by molar-refractivity contribution is -0.129. The lowest BCUT2D eigenvalue weighted by Crippen LogP contribution is -2.42. The molecule has 1 saturated carbocycles. The van der Waals surface area contributed by atoms with Gasteiger partial charge in [-0.3, -0.25) is 4.79 Å². The zero-order chi connectivity index (χ0) is 14.8. The van der Waals surface area contributed by atoms with E-state index in [2.05, 4.69) is 0 Å². The van der Waals surface area contributed by atoms with E-state index in [0.717, 1.165) is 0 Å². The molecule has 1 aliphatic heterocycles. The topological polar surface area (TPSA) is 63.7 Å². The molecular formula is C14H25NO4S. The molecule has 0 radical (unpaired) electrons. The summed E-state index contributed by atoms with van der Waals surface area (Å²) < 4.78 is 29.3. The van der Waals surface area contributed by atoms with Gasteiger partial charge in [0.25, 0.3) is 0 Å². The number of hydrogen-bond acceptors (Lipinski definition) is 4. The van der Waals surface area contributed by atoms with Crippen LogP contribution >= 0.6 is 0 Å². The van der Waals surface area contributed by atoms with Gasteiger partial charge in [0.1, 0.15) is 5.75 Å². The molecule has 20 heavy (non-hydrogen) atoms. The number of nitrogens with zero attached hydrogens (tertiary/aromatic N) is 1. The zero-order valence-corrected chi connectivity index (χ0v) is 13.2. The number of hydrogen-bond donors (Lipinski definition) is 0. The van der Waals surface area contributed by atoms with Gasteiger partial charge in [0.2, 0.25) is 5.91 Å². The van der Waals surface area contributed by atoms with E-state index in [1.54, 1.807) is 18.7 Å². The Morgan fingerprint density at radius 2 is 2.00 bits per heavy atom. The van der Waals surface area contributed by atoms with Gasteiger partial charge >= 0.3 is 0 Å². The van der Waals surface area contributed by atoms with Crippen LogP contribution in [0.4, 0.5) is 0 Å². The summed E-state index contributed by atoms with van der Waals surface area (Å²) in [5, 5.41) is -0.503. The molecule has 2 rings (SSSR count). The fourth-order valence-corrected chi connectivity index (χ4v) is 3.55. The van der Waals surface area contributed by atoms with Crippen LogP contribution in [0.3, 0.4) is 0 Å². The third-order valence-corrected chi connectivity index (χ3v) is 6.59. The minimum absolute atomic E-state index is 0.270. The number of amides is 1. The fourth-order valence-electron chi connectivity index (χ4n) is 2.69. The summed E-state index contributed by atoms with van der Waals surface area (Å²) in [7, 11) is -3.32. The van der Waals surface area contributed by atoms with Crippen molar-refractivity contribution in [1.82, 2.24) is 4.90 Å². The molecule has 0 bridgehead atoms. The van der Waals surface area contributed by atoms with Crippen LogP contribution in [0.2, 0.25) is 0 Å². The largest absolute Gasteiger partial charge is 0.379 e. The summed E-state index contributed by atoms with van der Waals surface area (Å²) in [4.78, 5) is 13.9. The van der Waals surface area contributed by atoms with Gasteiger partial charge in [0.15, 0.2) is 9.84 Å². The van der Waals surface area contributed by atoms with Crippen molar-refractivity contribution in [3.05, 3.63) is 0 Å². The molecular weight excluding hydrogens is 278 g/mol. The van der Waals surface area contributed by atoms with E-state index in [1.807, 2.05) is 0 Å². The lowest BCUT2D eigenvalue weighted by atomic mass is 9.76. The molecule has 1 aliphatic carbocycles. The minimum atomic E-state index is -3.32. The monoisotopic (exact) mass is 303 g/mol. The maximum atomic E-state index is 12.2. The number of rotatable bonds is 4. The van der Waals surface area contributed by atoms with Gasteiger partial charge < -0.3 is 9.64 Å². The summed E-state index contributed by atoms with van der Waals surface area (Å²) in [6.07, 6.45) is 3.68. The maximum absolute atomic E-state index is 12.2. The Balaban J connectivity index is 1.97. The average molecular weight is 303 g/mol. The third kappa shape index (κ3) is 3.73. The summed E-state index contributed by atoms with van der Waals surface area (Å²) in [6.45, 7) is 5.60. The van der Waals surface area contributed by atoms with Crippen molar-refractivity contribution in [3.8, 4) is 0 Å². The molecule has 0 spiro atoms. The standard InChI is InChI=1S/C14H25NO4S/c1-11(2)20(17,18)10-14(16)15-6-7-19-9-13(8-15)12-4-3-5-12/h11-13H,3-10H2,1-2H3. The summed E-state index contributed by atoms with van der Waals surface area (Å²) in [6, 6.07) is 0. The van der Waals surface area contributed by atoms with Gasteiger partial charge in [0.05, 0.1) is 18.5 Å². The highest BCUT2D eigenvalue weighted by atomic mass is 32.2. The van der Waals surface area contributed by atoms with Crippen molar-refractivity contribution in [2.75, 3.05) is 32.1 Å². The summed E-state index contributed by atoms with van der Waals surface area (Å²) >= 11 is 0. The number of sulfone groups is 1.